The van der Waals surface area contributed by atoms with Gasteiger partial charge in [0.15, 0.2) is 0 Å². The first-order chi connectivity index (χ1) is 8.27. The van der Waals surface area contributed by atoms with Gasteiger partial charge in [0.25, 0.3) is 0 Å². The summed E-state index contributed by atoms with van der Waals surface area (Å²) in [6.07, 6.45) is 0. The van der Waals surface area contributed by atoms with E-state index in [-0.39, 0.29) is 0 Å². The van der Waals surface area contributed by atoms with E-state index >= 15 is 0 Å². The van der Waals surface area contributed by atoms with Crippen LogP contribution in [0.5, 0.6) is 5.75 Å². The molecule has 0 atom stereocenters. The van der Waals surface area contributed by atoms with Crippen LogP contribution in [-0.4, -0.2) is 33.5 Å². The summed E-state index contributed by atoms with van der Waals surface area (Å²) in [6.45, 7) is 2.70. The lowest BCUT2D eigenvalue weighted by atomic mass is 10.2. The summed E-state index contributed by atoms with van der Waals surface area (Å²) in [5, 5.41) is 0. The number of ether oxygens (including phenoxy) is 3. The Morgan fingerprint density at radius 1 is 1.18 bits per heavy atom. The molecule has 4 nitrogen and oxygen atoms in total. The zero-order chi connectivity index (χ0) is 12.5. The molecule has 0 aliphatic rings. The van der Waals surface area contributed by atoms with Crippen LogP contribution in [-0.2, 0) is 16.0 Å². The quantitative estimate of drug-likeness (QED) is 0.746. The largest absolute Gasteiger partial charge is 0.491 e. The highest BCUT2D eigenvalue weighted by atomic mass is 79.9. The van der Waals surface area contributed by atoms with Gasteiger partial charge >= 0.3 is 0 Å². The first-order valence-electron chi connectivity index (χ1n) is 5.46. The molecule has 0 saturated heterocycles. The van der Waals surface area contributed by atoms with Gasteiger partial charge in [0.1, 0.15) is 12.4 Å². The predicted octanol–water partition coefficient (Wildman–Crippen LogP) is 1.95. The van der Waals surface area contributed by atoms with Crippen molar-refractivity contribution in [3.63, 3.8) is 0 Å². The van der Waals surface area contributed by atoms with Crippen LogP contribution in [0.4, 0.5) is 0 Å². The van der Waals surface area contributed by atoms with Gasteiger partial charge in [0.2, 0.25) is 0 Å². The van der Waals surface area contributed by atoms with Crippen molar-refractivity contribution >= 4 is 15.9 Å². The third-order valence-corrected chi connectivity index (χ3v) is 2.66. The summed E-state index contributed by atoms with van der Waals surface area (Å²) in [6, 6.07) is 5.81. The maximum Gasteiger partial charge on any atom is 0.125 e. The molecule has 17 heavy (non-hydrogen) atoms. The van der Waals surface area contributed by atoms with Crippen LogP contribution in [0, 0.1) is 0 Å². The van der Waals surface area contributed by atoms with E-state index in [0.717, 1.165) is 15.8 Å². The van der Waals surface area contributed by atoms with Crippen LogP contribution in [0.15, 0.2) is 22.7 Å². The fourth-order valence-electron chi connectivity index (χ4n) is 1.29. The van der Waals surface area contributed by atoms with Gasteiger partial charge in [-0.1, -0.05) is 22.0 Å². The molecule has 0 aromatic heterocycles. The molecule has 0 heterocycles. The number of benzene rings is 1. The van der Waals surface area contributed by atoms with Gasteiger partial charge in [0.05, 0.1) is 19.8 Å². The first kappa shape index (κ1) is 14.4. The summed E-state index contributed by atoms with van der Waals surface area (Å²) in [4.78, 5) is 0. The van der Waals surface area contributed by atoms with Crippen molar-refractivity contribution in [1.29, 1.82) is 0 Å². The zero-order valence-electron chi connectivity index (χ0n) is 9.95. The van der Waals surface area contributed by atoms with Crippen LogP contribution >= 0.6 is 15.9 Å². The van der Waals surface area contributed by atoms with Crippen molar-refractivity contribution < 1.29 is 14.2 Å². The first-order valence-corrected chi connectivity index (χ1v) is 6.25. The van der Waals surface area contributed by atoms with E-state index in [4.69, 9.17) is 19.9 Å². The molecule has 1 rings (SSSR count). The molecule has 5 heteroatoms. The van der Waals surface area contributed by atoms with Crippen LogP contribution in [0.25, 0.3) is 0 Å². The molecular formula is C12H18BrNO3. The predicted molar refractivity (Wildman–Crippen MR) is 70.2 cm³/mol. The summed E-state index contributed by atoms with van der Waals surface area (Å²) in [5.41, 5.74) is 6.62. The average molecular weight is 304 g/mol. The van der Waals surface area contributed by atoms with Gasteiger partial charge in [-0.15, -0.1) is 0 Å². The van der Waals surface area contributed by atoms with E-state index in [0.29, 0.717) is 33.0 Å². The molecule has 0 bridgehead atoms. The summed E-state index contributed by atoms with van der Waals surface area (Å²) < 4.78 is 16.8. The van der Waals surface area contributed by atoms with Crippen molar-refractivity contribution in [3.05, 3.63) is 28.2 Å². The molecule has 0 spiro atoms. The van der Waals surface area contributed by atoms with E-state index in [1.165, 1.54) is 0 Å². The summed E-state index contributed by atoms with van der Waals surface area (Å²) in [7, 11) is 1.65. The number of methoxy groups -OCH3 is 1. The van der Waals surface area contributed by atoms with Crippen molar-refractivity contribution in [2.75, 3.05) is 33.5 Å². The number of halogens is 1. The lowest BCUT2D eigenvalue weighted by Gasteiger charge is -2.11. The molecule has 1 aromatic rings. The standard InChI is InChI=1S/C12H18BrNO3/c1-15-4-5-16-6-7-17-12-8-11(13)3-2-10(12)9-14/h2-3,8H,4-7,9,14H2,1H3. The third kappa shape index (κ3) is 5.50. The monoisotopic (exact) mass is 303 g/mol. The molecule has 96 valence electrons. The van der Waals surface area contributed by atoms with Crippen molar-refractivity contribution in [2.45, 2.75) is 6.54 Å². The van der Waals surface area contributed by atoms with Crippen molar-refractivity contribution in [3.8, 4) is 5.75 Å². The summed E-state index contributed by atoms with van der Waals surface area (Å²) in [5.74, 6) is 0.803. The number of hydrogen-bond acceptors (Lipinski definition) is 4. The van der Waals surface area contributed by atoms with E-state index in [9.17, 15) is 0 Å². The van der Waals surface area contributed by atoms with E-state index in [1.807, 2.05) is 18.2 Å². The topological polar surface area (TPSA) is 53.7 Å². The minimum atomic E-state index is 0.465. The molecule has 0 fully saturated rings. The van der Waals surface area contributed by atoms with Gasteiger partial charge in [-0.3, -0.25) is 0 Å². The Labute approximate surface area is 110 Å². The summed E-state index contributed by atoms with van der Waals surface area (Å²) >= 11 is 3.40. The SMILES string of the molecule is COCCOCCOc1cc(Br)ccc1CN. The Morgan fingerprint density at radius 2 is 1.94 bits per heavy atom. The molecule has 0 aliphatic carbocycles. The van der Waals surface area contributed by atoms with Crippen LogP contribution in [0.1, 0.15) is 5.56 Å². The van der Waals surface area contributed by atoms with E-state index in [2.05, 4.69) is 15.9 Å². The molecule has 0 amide bonds. The Morgan fingerprint density at radius 3 is 2.65 bits per heavy atom. The van der Waals surface area contributed by atoms with Gasteiger partial charge in [-0.2, -0.15) is 0 Å². The van der Waals surface area contributed by atoms with Gasteiger partial charge in [-0.05, 0) is 12.1 Å². The number of rotatable bonds is 8. The highest BCUT2D eigenvalue weighted by Gasteiger charge is 2.02. The lowest BCUT2D eigenvalue weighted by Crippen LogP contribution is -2.11. The Hall–Kier alpha value is -0.620. The van der Waals surface area contributed by atoms with Crippen LogP contribution < -0.4 is 10.5 Å². The second-order valence-electron chi connectivity index (χ2n) is 3.41. The molecule has 1 aromatic carbocycles. The minimum Gasteiger partial charge on any atom is -0.491 e. The van der Waals surface area contributed by atoms with Crippen LogP contribution in [0.2, 0.25) is 0 Å². The second-order valence-corrected chi connectivity index (χ2v) is 4.33. The van der Waals surface area contributed by atoms with E-state index < -0.39 is 0 Å². The van der Waals surface area contributed by atoms with Gasteiger partial charge < -0.3 is 19.9 Å². The Balaban J connectivity index is 2.32. The Bertz CT molecular complexity index is 334. The molecule has 0 saturated carbocycles. The fourth-order valence-corrected chi connectivity index (χ4v) is 1.63. The number of hydrogen-bond donors (Lipinski definition) is 1. The molecule has 0 aliphatic heterocycles. The maximum atomic E-state index is 5.63. The normalized spacial score (nSPS) is 10.5. The lowest BCUT2D eigenvalue weighted by molar-refractivity contribution is 0.0543. The molecule has 2 N–H and O–H groups in total. The minimum absolute atomic E-state index is 0.465. The van der Waals surface area contributed by atoms with Crippen LogP contribution in [0.3, 0.4) is 0 Å². The third-order valence-electron chi connectivity index (χ3n) is 2.17. The maximum absolute atomic E-state index is 5.63. The fraction of sp³-hybridized carbons (Fsp3) is 0.500. The Kier molecular flexibility index (Phi) is 7.19. The van der Waals surface area contributed by atoms with Gasteiger partial charge in [0, 0.05) is 23.7 Å². The number of nitrogens with two attached hydrogens (primary N) is 1. The molecule has 0 radical (unpaired) electrons. The zero-order valence-corrected chi connectivity index (χ0v) is 11.5. The molecule has 0 unspecified atom stereocenters. The average Bonchev–Trinajstić information content (AvgIpc) is 2.34. The highest BCUT2D eigenvalue weighted by molar-refractivity contribution is 9.10. The smallest absolute Gasteiger partial charge is 0.125 e. The van der Waals surface area contributed by atoms with Gasteiger partial charge in [-0.25, -0.2) is 0 Å². The van der Waals surface area contributed by atoms with Crippen molar-refractivity contribution in [1.82, 2.24) is 0 Å². The molecular weight excluding hydrogens is 286 g/mol. The second kappa shape index (κ2) is 8.47. The van der Waals surface area contributed by atoms with E-state index in [1.54, 1.807) is 7.11 Å². The highest BCUT2D eigenvalue weighted by Crippen LogP contribution is 2.23. The van der Waals surface area contributed by atoms with Crippen molar-refractivity contribution in [2.24, 2.45) is 5.73 Å².